The highest BCUT2D eigenvalue weighted by molar-refractivity contribution is 5.79. The van der Waals surface area contributed by atoms with Crippen molar-refractivity contribution in [1.82, 2.24) is 9.80 Å². The van der Waals surface area contributed by atoms with Crippen LogP contribution in [0.2, 0.25) is 0 Å². The third kappa shape index (κ3) is 4.09. The molecule has 1 aromatic carbocycles. The first-order valence-electron chi connectivity index (χ1n) is 8.47. The first kappa shape index (κ1) is 16.4. The molecule has 1 aromatic rings. The maximum absolute atomic E-state index is 13.0. The van der Waals surface area contributed by atoms with E-state index in [0.29, 0.717) is 12.1 Å². The van der Waals surface area contributed by atoms with E-state index in [4.69, 9.17) is 0 Å². The molecule has 23 heavy (non-hydrogen) atoms. The average molecular weight is 320 g/mol. The second kappa shape index (κ2) is 6.97. The molecular formula is C18H25FN2O2. The van der Waals surface area contributed by atoms with Gasteiger partial charge in [0.25, 0.3) is 0 Å². The van der Waals surface area contributed by atoms with E-state index in [1.54, 1.807) is 12.1 Å². The van der Waals surface area contributed by atoms with E-state index in [0.717, 1.165) is 38.8 Å². The molecule has 0 aromatic heterocycles. The average Bonchev–Trinajstić information content (AvgIpc) is 3.38. The number of carbonyl (C=O) groups excluding carboxylic acids is 1. The lowest BCUT2D eigenvalue weighted by molar-refractivity contribution is -0.139. The van der Waals surface area contributed by atoms with Crippen molar-refractivity contribution in [1.29, 1.82) is 0 Å². The molecule has 4 nitrogen and oxygen atoms in total. The number of piperidine rings is 1. The van der Waals surface area contributed by atoms with Crippen LogP contribution in [0.25, 0.3) is 0 Å². The standard InChI is InChI=1S/C18H25FN2O2/c1-20-10-8-14(9-11-20)18(23)21(16-6-7-16)12-17(22)13-2-4-15(19)5-3-13/h2-5,14,16-17,22H,6-12H2,1H3. The number of aliphatic hydroxyl groups excluding tert-OH is 1. The van der Waals surface area contributed by atoms with E-state index < -0.39 is 6.10 Å². The summed E-state index contributed by atoms with van der Waals surface area (Å²) in [4.78, 5) is 17.0. The fraction of sp³-hybridized carbons (Fsp3) is 0.611. The molecule has 1 amide bonds. The zero-order chi connectivity index (χ0) is 16.4. The lowest BCUT2D eigenvalue weighted by Gasteiger charge is -2.33. The van der Waals surface area contributed by atoms with Crippen molar-refractivity contribution < 1.29 is 14.3 Å². The fourth-order valence-corrected chi connectivity index (χ4v) is 3.27. The summed E-state index contributed by atoms with van der Waals surface area (Å²) in [5, 5.41) is 10.4. The van der Waals surface area contributed by atoms with Crippen LogP contribution in [-0.2, 0) is 4.79 Å². The van der Waals surface area contributed by atoms with Crippen LogP contribution in [0.1, 0.15) is 37.4 Å². The van der Waals surface area contributed by atoms with Gasteiger partial charge in [0, 0.05) is 12.0 Å². The van der Waals surface area contributed by atoms with Crippen molar-refractivity contribution in [3.63, 3.8) is 0 Å². The molecule has 2 aliphatic rings. The summed E-state index contributed by atoms with van der Waals surface area (Å²) < 4.78 is 13.0. The van der Waals surface area contributed by atoms with Gasteiger partial charge in [0.05, 0.1) is 12.6 Å². The van der Waals surface area contributed by atoms with E-state index in [1.165, 1.54) is 12.1 Å². The van der Waals surface area contributed by atoms with Gasteiger partial charge in [0.2, 0.25) is 5.91 Å². The smallest absolute Gasteiger partial charge is 0.226 e. The van der Waals surface area contributed by atoms with Gasteiger partial charge in [-0.3, -0.25) is 4.79 Å². The number of hydrogen-bond acceptors (Lipinski definition) is 3. The van der Waals surface area contributed by atoms with Gasteiger partial charge in [-0.05, 0) is 63.5 Å². The molecule has 1 atom stereocenters. The second-order valence-electron chi connectivity index (χ2n) is 6.87. The number of rotatable bonds is 5. The van der Waals surface area contributed by atoms with Crippen LogP contribution >= 0.6 is 0 Å². The molecule has 3 rings (SSSR count). The molecule has 1 aliphatic heterocycles. The van der Waals surface area contributed by atoms with Crippen molar-refractivity contribution in [2.75, 3.05) is 26.7 Å². The van der Waals surface area contributed by atoms with Gasteiger partial charge in [0.15, 0.2) is 0 Å². The predicted octanol–water partition coefficient (Wildman–Crippen LogP) is 2.19. The summed E-state index contributed by atoms with van der Waals surface area (Å²) in [6, 6.07) is 6.14. The second-order valence-corrected chi connectivity index (χ2v) is 6.87. The lowest BCUT2D eigenvalue weighted by Crippen LogP contribution is -2.44. The van der Waals surface area contributed by atoms with Crippen molar-refractivity contribution in [2.24, 2.45) is 5.92 Å². The Morgan fingerprint density at radius 2 is 1.87 bits per heavy atom. The third-order valence-corrected chi connectivity index (χ3v) is 4.96. The Morgan fingerprint density at radius 3 is 2.43 bits per heavy atom. The van der Waals surface area contributed by atoms with Crippen molar-refractivity contribution >= 4 is 5.91 Å². The molecule has 1 saturated heterocycles. The Labute approximate surface area is 136 Å². The largest absolute Gasteiger partial charge is 0.387 e. The highest BCUT2D eigenvalue weighted by Gasteiger charge is 2.37. The van der Waals surface area contributed by atoms with Crippen LogP contribution in [-0.4, -0.2) is 53.5 Å². The molecule has 2 fully saturated rings. The highest BCUT2D eigenvalue weighted by atomic mass is 19.1. The Bertz CT molecular complexity index is 536. The highest BCUT2D eigenvalue weighted by Crippen LogP contribution is 2.32. The number of benzene rings is 1. The third-order valence-electron chi connectivity index (χ3n) is 4.96. The maximum atomic E-state index is 13.0. The van der Waals surface area contributed by atoms with Gasteiger partial charge in [-0.2, -0.15) is 0 Å². The molecule has 0 radical (unpaired) electrons. The van der Waals surface area contributed by atoms with E-state index in [9.17, 15) is 14.3 Å². The van der Waals surface area contributed by atoms with Crippen molar-refractivity contribution in [2.45, 2.75) is 37.8 Å². The molecule has 1 N–H and O–H groups in total. The predicted molar refractivity (Wildman–Crippen MR) is 86.3 cm³/mol. The molecule has 126 valence electrons. The minimum atomic E-state index is -0.758. The topological polar surface area (TPSA) is 43.8 Å². The number of likely N-dealkylation sites (tertiary alicyclic amines) is 1. The first-order valence-corrected chi connectivity index (χ1v) is 8.47. The number of nitrogens with zero attached hydrogens (tertiary/aromatic N) is 2. The molecule has 0 bridgehead atoms. The number of aliphatic hydroxyl groups is 1. The number of amides is 1. The monoisotopic (exact) mass is 320 g/mol. The summed E-state index contributed by atoms with van der Waals surface area (Å²) in [5.74, 6) is -0.0589. The molecule has 1 unspecified atom stereocenters. The molecule has 1 aliphatic carbocycles. The zero-order valence-corrected chi connectivity index (χ0v) is 13.6. The van der Waals surface area contributed by atoms with E-state index in [2.05, 4.69) is 11.9 Å². The summed E-state index contributed by atoms with van der Waals surface area (Å²) >= 11 is 0. The molecular weight excluding hydrogens is 295 g/mol. The van der Waals surface area contributed by atoms with Gasteiger partial charge in [-0.15, -0.1) is 0 Å². The summed E-state index contributed by atoms with van der Waals surface area (Å²) in [7, 11) is 2.08. The quantitative estimate of drug-likeness (QED) is 0.904. The molecule has 5 heteroatoms. The Kier molecular flexibility index (Phi) is 4.97. The van der Waals surface area contributed by atoms with Crippen LogP contribution in [0.4, 0.5) is 4.39 Å². The normalized spacial score (nSPS) is 21.2. The van der Waals surface area contributed by atoms with Gasteiger partial charge < -0.3 is 14.9 Å². The molecule has 1 saturated carbocycles. The van der Waals surface area contributed by atoms with Gasteiger partial charge in [-0.25, -0.2) is 4.39 Å². The van der Waals surface area contributed by atoms with E-state index in [-0.39, 0.29) is 23.7 Å². The number of halogens is 1. The van der Waals surface area contributed by atoms with Gasteiger partial charge in [0.1, 0.15) is 5.82 Å². The van der Waals surface area contributed by atoms with Crippen LogP contribution in [0.3, 0.4) is 0 Å². The summed E-state index contributed by atoms with van der Waals surface area (Å²) in [6.07, 6.45) is 3.07. The van der Waals surface area contributed by atoms with Gasteiger partial charge in [-0.1, -0.05) is 12.1 Å². The lowest BCUT2D eigenvalue weighted by atomic mass is 9.95. The minimum absolute atomic E-state index is 0.0761. The van der Waals surface area contributed by atoms with Crippen molar-refractivity contribution in [3.05, 3.63) is 35.6 Å². The number of carbonyl (C=O) groups is 1. The summed E-state index contributed by atoms with van der Waals surface area (Å²) in [6.45, 7) is 2.21. The van der Waals surface area contributed by atoms with Crippen LogP contribution in [0.5, 0.6) is 0 Å². The Balaban J connectivity index is 1.64. The van der Waals surface area contributed by atoms with Crippen LogP contribution in [0.15, 0.2) is 24.3 Å². The molecule has 1 heterocycles. The van der Waals surface area contributed by atoms with Crippen molar-refractivity contribution in [3.8, 4) is 0 Å². The summed E-state index contributed by atoms with van der Waals surface area (Å²) in [5.41, 5.74) is 0.660. The maximum Gasteiger partial charge on any atom is 0.226 e. The fourth-order valence-electron chi connectivity index (χ4n) is 3.27. The van der Waals surface area contributed by atoms with E-state index >= 15 is 0 Å². The van der Waals surface area contributed by atoms with E-state index in [1.807, 2.05) is 4.90 Å². The zero-order valence-electron chi connectivity index (χ0n) is 13.6. The first-order chi connectivity index (χ1) is 11.0. The Morgan fingerprint density at radius 1 is 1.26 bits per heavy atom. The number of hydrogen-bond donors (Lipinski definition) is 1. The molecule has 0 spiro atoms. The SMILES string of the molecule is CN1CCC(C(=O)N(CC(O)c2ccc(F)cc2)C2CC2)CC1. The van der Waals surface area contributed by atoms with Crippen LogP contribution < -0.4 is 0 Å². The Hall–Kier alpha value is -1.46. The minimum Gasteiger partial charge on any atom is -0.387 e. The van der Waals surface area contributed by atoms with Gasteiger partial charge >= 0.3 is 0 Å². The van der Waals surface area contributed by atoms with Crippen LogP contribution in [0, 0.1) is 11.7 Å².